The van der Waals surface area contributed by atoms with Gasteiger partial charge in [-0.2, -0.15) is 18.3 Å². The van der Waals surface area contributed by atoms with E-state index in [-0.39, 0.29) is 47.1 Å². The Hall–Kier alpha value is -2.80. The number of anilines is 1. The van der Waals surface area contributed by atoms with Crippen molar-refractivity contribution in [3.63, 3.8) is 0 Å². The molecule has 1 saturated heterocycles. The van der Waals surface area contributed by atoms with Crippen molar-refractivity contribution in [1.82, 2.24) is 19.8 Å². The fraction of sp³-hybridized carbons (Fsp3) is 0.583. The van der Waals surface area contributed by atoms with Gasteiger partial charge in [-0.05, 0) is 56.2 Å². The van der Waals surface area contributed by atoms with E-state index in [1.807, 2.05) is 11.9 Å². The molecule has 2 aromatic rings. The highest BCUT2D eigenvalue weighted by atomic mass is 19.4. The molecule has 1 aliphatic heterocycles. The summed E-state index contributed by atoms with van der Waals surface area (Å²) in [7, 11) is 1.85. The monoisotopic (exact) mass is 477 g/mol. The van der Waals surface area contributed by atoms with Crippen molar-refractivity contribution in [2.75, 3.05) is 32.0 Å². The first kappa shape index (κ1) is 23.0. The molecule has 5 rings (SSSR count). The molecule has 0 aromatic carbocycles. The van der Waals surface area contributed by atoms with E-state index in [1.165, 1.54) is 4.52 Å². The third-order valence-electron chi connectivity index (χ3n) is 7.17. The van der Waals surface area contributed by atoms with Crippen LogP contribution >= 0.6 is 0 Å². The molecule has 3 aliphatic rings. The second-order valence-electron chi connectivity index (χ2n) is 9.78. The fourth-order valence-corrected chi connectivity index (χ4v) is 4.93. The molecule has 0 bridgehead atoms. The number of likely N-dealkylation sites (tertiary alicyclic amines) is 1. The zero-order chi connectivity index (χ0) is 24.1. The number of carbonyl (C=O) groups is 1. The van der Waals surface area contributed by atoms with Crippen LogP contribution in [0.5, 0.6) is 0 Å². The molecule has 3 fully saturated rings. The van der Waals surface area contributed by atoms with E-state index in [4.69, 9.17) is 0 Å². The minimum atomic E-state index is -4.44. The summed E-state index contributed by atoms with van der Waals surface area (Å²) in [5, 5.41) is 10.2. The Morgan fingerprint density at radius 1 is 1.32 bits per heavy atom. The molecule has 1 spiro atoms. The zero-order valence-electron chi connectivity index (χ0n) is 18.9. The first-order chi connectivity index (χ1) is 16.2. The van der Waals surface area contributed by atoms with Gasteiger partial charge in [0, 0.05) is 24.6 Å². The van der Waals surface area contributed by atoms with Crippen LogP contribution < -0.4 is 10.6 Å². The van der Waals surface area contributed by atoms with Crippen molar-refractivity contribution in [1.29, 1.82) is 0 Å². The Kier molecular flexibility index (Phi) is 5.71. The standard InChI is InChI=1S/C24H27F4N5O/c1-32-11-7-19(17(25)14-32)30-21-6-2-5-20-15(12-24(26,27)28)18(31-33(20)21)4-3-10-29-22(34)16-13-23(16)8-9-23/h2,5-6,16-17,19,30H,7-14H2,1H3,(H,29,34)/t16?,17-,19+/m0/s1. The van der Waals surface area contributed by atoms with Crippen LogP contribution in [-0.2, 0) is 11.2 Å². The molecule has 3 heterocycles. The molecule has 2 saturated carbocycles. The SMILES string of the molecule is CN1CC[C@@H](Nc2cccc3c(CC(F)(F)F)c(C#CCNC(=O)C4CC45CC5)nn23)[C@@H](F)C1. The number of fused-ring (bicyclic) bond motifs is 1. The van der Waals surface area contributed by atoms with Crippen LogP contribution in [0.4, 0.5) is 23.4 Å². The third kappa shape index (κ3) is 4.71. The van der Waals surface area contributed by atoms with Crippen molar-refractivity contribution < 1.29 is 22.4 Å². The first-order valence-electron chi connectivity index (χ1n) is 11.6. The molecular formula is C24H27F4N5O. The fourth-order valence-electron chi connectivity index (χ4n) is 4.93. The van der Waals surface area contributed by atoms with Crippen LogP contribution in [0.1, 0.15) is 36.9 Å². The van der Waals surface area contributed by atoms with Gasteiger partial charge in [-0.1, -0.05) is 12.0 Å². The van der Waals surface area contributed by atoms with Crippen LogP contribution in [0.25, 0.3) is 5.52 Å². The van der Waals surface area contributed by atoms with Gasteiger partial charge in [-0.15, -0.1) is 0 Å². The summed E-state index contributed by atoms with van der Waals surface area (Å²) in [5.41, 5.74) is 0.474. The number of nitrogens with zero attached hydrogens (tertiary/aromatic N) is 3. The van der Waals surface area contributed by atoms with Crippen molar-refractivity contribution >= 4 is 17.2 Å². The quantitative estimate of drug-likeness (QED) is 0.513. The minimum Gasteiger partial charge on any atom is -0.364 e. The summed E-state index contributed by atoms with van der Waals surface area (Å²) >= 11 is 0. The highest BCUT2D eigenvalue weighted by Gasteiger charge is 2.65. The van der Waals surface area contributed by atoms with E-state index in [1.54, 1.807) is 18.2 Å². The van der Waals surface area contributed by atoms with Crippen LogP contribution in [0.3, 0.4) is 0 Å². The molecule has 6 nitrogen and oxygen atoms in total. The lowest BCUT2D eigenvalue weighted by atomic mass is 10.0. The molecule has 3 atom stereocenters. The van der Waals surface area contributed by atoms with E-state index in [0.29, 0.717) is 12.2 Å². The average Bonchev–Trinajstić information content (AvgIpc) is 3.67. The number of amides is 1. The summed E-state index contributed by atoms with van der Waals surface area (Å²) in [5.74, 6) is 5.90. The van der Waals surface area contributed by atoms with E-state index in [9.17, 15) is 22.4 Å². The summed E-state index contributed by atoms with van der Waals surface area (Å²) in [6.45, 7) is 1.06. The van der Waals surface area contributed by atoms with Gasteiger partial charge in [0.15, 0.2) is 0 Å². The van der Waals surface area contributed by atoms with E-state index < -0.39 is 24.8 Å². The van der Waals surface area contributed by atoms with Gasteiger partial charge in [0.25, 0.3) is 0 Å². The third-order valence-corrected chi connectivity index (χ3v) is 7.17. The number of rotatable bonds is 5. The minimum absolute atomic E-state index is 0.00563. The number of halogens is 4. The highest BCUT2D eigenvalue weighted by molar-refractivity contribution is 5.83. The zero-order valence-corrected chi connectivity index (χ0v) is 18.9. The Labute approximate surface area is 195 Å². The number of nitrogens with one attached hydrogen (secondary N) is 2. The Balaban J connectivity index is 1.37. The van der Waals surface area contributed by atoms with E-state index in [0.717, 1.165) is 25.8 Å². The van der Waals surface area contributed by atoms with E-state index in [2.05, 4.69) is 27.6 Å². The lowest BCUT2D eigenvalue weighted by molar-refractivity contribution is -0.127. The Bertz CT molecular complexity index is 1160. The van der Waals surface area contributed by atoms with Crippen molar-refractivity contribution in [3.05, 3.63) is 29.5 Å². The van der Waals surface area contributed by atoms with Crippen molar-refractivity contribution in [2.24, 2.45) is 11.3 Å². The number of piperidine rings is 1. The number of hydrogen-bond donors (Lipinski definition) is 2. The van der Waals surface area contributed by atoms with Crippen LogP contribution in [0.2, 0.25) is 0 Å². The van der Waals surface area contributed by atoms with Gasteiger partial charge >= 0.3 is 6.18 Å². The number of aromatic nitrogens is 2. The van der Waals surface area contributed by atoms with Gasteiger partial charge < -0.3 is 15.5 Å². The normalized spacial score (nSPS) is 25.6. The molecule has 1 unspecified atom stereocenters. The maximum Gasteiger partial charge on any atom is 0.393 e. The second kappa shape index (κ2) is 8.45. The molecule has 2 aromatic heterocycles. The smallest absolute Gasteiger partial charge is 0.364 e. The largest absolute Gasteiger partial charge is 0.393 e. The molecule has 2 N–H and O–H groups in total. The van der Waals surface area contributed by atoms with Crippen LogP contribution in [0, 0.1) is 23.2 Å². The number of hydrogen-bond acceptors (Lipinski definition) is 4. The molecule has 34 heavy (non-hydrogen) atoms. The van der Waals surface area contributed by atoms with Crippen molar-refractivity contribution in [3.8, 4) is 11.8 Å². The van der Waals surface area contributed by atoms with Crippen LogP contribution in [-0.4, -0.2) is 65.5 Å². The topological polar surface area (TPSA) is 61.7 Å². The number of pyridine rings is 1. The van der Waals surface area contributed by atoms with Gasteiger partial charge in [-0.25, -0.2) is 8.91 Å². The van der Waals surface area contributed by atoms with Crippen molar-refractivity contribution in [2.45, 2.75) is 50.5 Å². The van der Waals surface area contributed by atoms with Gasteiger partial charge in [0.2, 0.25) is 5.91 Å². The summed E-state index contributed by atoms with van der Waals surface area (Å²) in [4.78, 5) is 14.1. The molecule has 10 heteroatoms. The average molecular weight is 478 g/mol. The lowest BCUT2D eigenvalue weighted by Gasteiger charge is -2.33. The van der Waals surface area contributed by atoms with Gasteiger partial charge in [0.1, 0.15) is 17.7 Å². The predicted octanol–water partition coefficient (Wildman–Crippen LogP) is 3.16. The second-order valence-corrected chi connectivity index (χ2v) is 9.78. The highest BCUT2D eigenvalue weighted by Crippen LogP contribution is 2.70. The maximum atomic E-state index is 14.5. The van der Waals surface area contributed by atoms with Gasteiger partial charge in [-0.3, -0.25) is 4.79 Å². The predicted molar refractivity (Wildman–Crippen MR) is 119 cm³/mol. The van der Waals surface area contributed by atoms with Gasteiger partial charge in [0.05, 0.1) is 24.5 Å². The number of carbonyl (C=O) groups excluding carboxylic acids is 1. The molecule has 0 radical (unpaired) electrons. The molecule has 1 amide bonds. The Morgan fingerprint density at radius 3 is 2.79 bits per heavy atom. The lowest BCUT2D eigenvalue weighted by Crippen LogP contribution is -2.46. The summed E-state index contributed by atoms with van der Waals surface area (Å²) in [6, 6.07) is 4.39. The molecule has 2 aliphatic carbocycles. The Morgan fingerprint density at radius 2 is 2.12 bits per heavy atom. The van der Waals surface area contributed by atoms with Crippen LogP contribution in [0.15, 0.2) is 18.2 Å². The number of alkyl halides is 4. The maximum absolute atomic E-state index is 14.5. The molecular weight excluding hydrogens is 450 g/mol. The van der Waals surface area contributed by atoms with E-state index >= 15 is 0 Å². The first-order valence-corrected chi connectivity index (χ1v) is 11.6. The summed E-state index contributed by atoms with van der Waals surface area (Å²) in [6.07, 6.45) is -3.06. The summed E-state index contributed by atoms with van der Waals surface area (Å²) < 4.78 is 55.9. The molecule has 182 valence electrons.